The number of nitrogens with zero attached hydrogens (tertiary/aromatic N) is 3. The van der Waals surface area contributed by atoms with E-state index < -0.39 is 11.7 Å². The summed E-state index contributed by atoms with van der Waals surface area (Å²) in [5, 5.41) is 0. The molecule has 2 saturated heterocycles. The van der Waals surface area contributed by atoms with E-state index in [4.69, 9.17) is 4.74 Å². The number of anilines is 1. The molecule has 1 atom stereocenters. The molecule has 1 aromatic heterocycles. The number of hydrogen-bond acceptors (Lipinski definition) is 4. The number of carbonyl (C=O) groups is 3. The molecule has 1 aromatic carbocycles. The summed E-state index contributed by atoms with van der Waals surface area (Å²) in [6, 6.07) is 8.40. The number of halogens is 1. The van der Waals surface area contributed by atoms with Crippen molar-refractivity contribution in [3.05, 3.63) is 53.6 Å². The lowest BCUT2D eigenvalue weighted by Crippen LogP contribution is -2.43. The summed E-state index contributed by atoms with van der Waals surface area (Å²) < 4.78 is 21.1. The number of likely N-dealkylation sites (tertiary alicyclic amines) is 1. The number of benzene rings is 1. The van der Waals surface area contributed by atoms with E-state index in [1.165, 1.54) is 18.1 Å². The van der Waals surface area contributed by atoms with Gasteiger partial charge in [0.05, 0.1) is 18.7 Å². The molecule has 2 aliphatic rings. The average Bonchev–Trinajstić information content (AvgIpc) is 3.40. The Morgan fingerprint density at radius 3 is 2.58 bits per heavy atom. The lowest BCUT2D eigenvalue weighted by Gasteiger charge is -2.34. The van der Waals surface area contributed by atoms with Crippen LogP contribution in [-0.2, 0) is 14.3 Å². The maximum absolute atomic E-state index is 14.3. The van der Waals surface area contributed by atoms with Gasteiger partial charge in [0, 0.05) is 38.3 Å². The van der Waals surface area contributed by atoms with Crippen LogP contribution in [0.15, 0.2) is 36.5 Å². The fourth-order valence-electron chi connectivity index (χ4n) is 4.55. The van der Waals surface area contributed by atoms with Gasteiger partial charge >= 0.3 is 5.97 Å². The molecule has 1 unspecified atom stereocenters. The van der Waals surface area contributed by atoms with E-state index in [9.17, 15) is 18.8 Å². The number of ether oxygens (including phenoxy) is 1. The van der Waals surface area contributed by atoms with E-state index >= 15 is 0 Å². The third kappa shape index (κ3) is 4.06. The summed E-state index contributed by atoms with van der Waals surface area (Å²) in [6.45, 7) is 3.08. The van der Waals surface area contributed by atoms with Crippen molar-refractivity contribution in [2.45, 2.75) is 32.2 Å². The van der Waals surface area contributed by atoms with Gasteiger partial charge in [-0.25, -0.2) is 9.18 Å². The second-order valence-electron chi connectivity index (χ2n) is 8.21. The van der Waals surface area contributed by atoms with Crippen molar-refractivity contribution >= 4 is 23.5 Å². The molecule has 7 nitrogen and oxygen atoms in total. The predicted molar refractivity (Wildman–Crippen MR) is 112 cm³/mol. The summed E-state index contributed by atoms with van der Waals surface area (Å²) in [5.74, 6) is -1.60. The number of rotatable bonds is 4. The largest absolute Gasteiger partial charge is 0.464 e. The monoisotopic (exact) mass is 427 g/mol. The van der Waals surface area contributed by atoms with E-state index in [1.54, 1.807) is 30.0 Å². The van der Waals surface area contributed by atoms with Crippen LogP contribution in [-0.4, -0.2) is 54.0 Å². The number of hydrogen-bond donors (Lipinski definition) is 0. The van der Waals surface area contributed by atoms with Gasteiger partial charge in [0.25, 0.3) is 0 Å². The maximum atomic E-state index is 14.3. The zero-order chi connectivity index (χ0) is 22.1. The second-order valence-corrected chi connectivity index (χ2v) is 8.21. The van der Waals surface area contributed by atoms with Crippen LogP contribution in [0.3, 0.4) is 0 Å². The van der Waals surface area contributed by atoms with Crippen LogP contribution in [0.2, 0.25) is 0 Å². The minimum Gasteiger partial charge on any atom is -0.464 e. The van der Waals surface area contributed by atoms with Gasteiger partial charge in [-0.15, -0.1) is 0 Å². The topological polar surface area (TPSA) is 71.8 Å². The predicted octanol–water partition coefficient (Wildman–Crippen LogP) is 2.94. The van der Waals surface area contributed by atoms with Gasteiger partial charge in [-0.1, -0.05) is 6.07 Å². The fourth-order valence-corrected chi connectivity index (χ4v) is 4.55. The van der Waals surface area contributed by atoms with Gasteiger partial charge in [0.2, 0.25) is 11.8 Å². The highest BCUT2D eigenvalue weighted by Crippen LogP contribution is 2.31. The number of aromatic nitrogens is 1. The van der Waals surface area contributed by atoms with Crippen LogP contribution in [0.1, 0.15) is 41.4 Å². The smallest absolute Gasteiger partial charge is 0.354 e. The first-order valence-electron chi connectivity index (χ1n) is 10.5. The number of carbonyl (C=O) groups excluding carboxylic acids is 3. The number of aryl methyl sites for hydroxylation is 1. The van der Waals surface area contributed by atoms with Crippen LogP contribution in [0, 0.1) is 18.7 Å². The van der Waals surface area contributed by atoms with Crippen molar-refractivity contribution < 1.29 is 23.5 Å². The lowest BCUT2D eigenvalue weighted by molar-refractivity contribution is -0.137. The molecular formula is C23H26FN3O4. The Bertz CT molecular complexity index is 1010. The van der Waals surface area contributed by atoms with Crippen molar-refractivity contribution in [2.24, 2.45) is 5.92 Å². The molecule has 2 aromatic rings. The molecule has 0 N–H and O–H groups in total. The van der Waals surface area contributed by atoms with Crippen LogP contribution < -0.4 is 4.90 Å². The van der Waals surface area contributed by atoms with E-state index in [0.29, 0.717) is 31.6 Å². The van der Waals surface area contributed by atoms with Crippen LogP contribution in [0.4, 0.5) is 10.1 Å². The molecule has 8 heteroatoms. The first kappa shape index (κ1) is 21.1. The SMILES string of the molecule is COC(=O)c1cccn1C1CCN(C(=O)C2CC(=O)N(c3ccc(C)cc3F)C2)CC1. The Hall–Kier alpha value is -3.16. The van der Waals surface area contributed by atoms with Crippen molar-refractivity contribution in [3.63, 3.8) is 0 Å². The highest BCUT2D eigenvalue weighted by Gasteiger charge is 2.39. The molecule has 0 aliphatic carbocycles. The first-order valence-corrected chi connectivity index (χ1v) is 10.5. The van der Waals surface area contributed by atoms with E-state index in [0.717, 1.165) is 5.56 Å². The highest BCUT2D eigenvalue weighted by atomic mass is 19.1. The molecular weight excluding hydrogens is 401 g/mol. The number of esters is 1. The maximum Gasteiger partial charge on any atom is 0.354 e. The van der Waals surface area contributed by atoms with Crippen LogP contribution in [0.5, 0.6) is 0 Å². The van der Waals surface area contributed by atoms with Crippen molar-refractivity contribution in [1.82, 2.24) is 9.47 Å². The van der Waals surface area contributed by atoms with Crippen LogP contribution in [0.25, 0.3) is 0 Å². The molecule has 4 rings (SSSR count). The Morgan fingerprint density at radius 2 is 1.90 bits per heavy atom. The Morgan fingerprint density at radius 1 is 1.16 bits per heavy atom. The number of methoxy groups -OCH3 is 1. The zero-order valence-corrected chi connectivity index (χ0v) is 17.7. The van der Waals surface area contributed by atoms with Gasteiger partial charge in [0.15, 0.2) is 0 Å². The summed E-state index contributed by atoms with van der Waals surface area (Å²) >= 11 is 0. The highest BCUT2D eigenvalue weighted by molar-refractivity contribution is 6.00. The van der Waals surface area contributed by atoms with Gasteiger partial charge < -0.3 is 19.1 Å². The van der Waals surface area contributed by atoms with Crippen molar-refractivity contribution in [3.8, 4) is 0 Å². The summed E-state index contributed by atoms with van der Waals surface area (Å²) in [5.41, 5.74) is 1.51. The van der Waals surface area contributed by atoms with Crippen molar-refractivity contribution in [2.75, 3.05) is 31.6 Å². The minimum absolute atomic E-state index is 0.0671. The Labute approximate surface area is 180 Å². The van der Waals surface area contributed by atoms with E-state index in [2.05, 4.69) is 0 Å². The normalized spacial score (nSPS) is 19.7. The lowest BCUT2D eigenvalue weighted by atomic mass is 10.0. The zero-order valence-electron chi connectivity index (χ0n) is 17.7. The Kier molecular flexibility index (Phi) is 5.80. The minimum atomic E-state index is -0.470. The quantitative estimate of drug-likeness (QED) is 0.704. The first-order chi connectivity index (χ1) is 14.9. The van der Waals surface area contributed by atoms with Crippen LogP contribution >= 0.6 is 0 Å². The molecule has 164 valence electrons. The summed E-state index contributed by atoms with van der Waals surface area (Å²) in [6.07, 6.45) is 3.37. The molecule has 2 amide bonds. The van der Waals surface area contributed by atoms with Gasteiger partial charge in [-0.2, -0.15) is 0 Å². The number of piperidine rings is 1. The van der Waals surface area contributed by atoms with E-state index in [1.807, 2.05) is 16.8 Å². The molecule has 0 bridgehead atoms. The molecule has 0 spiro atoms. The molecule has 3 heterocycles. The molecule has 0 radical (unpaired) electrons. The third-order valence-electron chi connectivity index (χ3n) is 6.21. The summed E-state index contributed by atoms with van der Waals surface area (Å²) in [4.78, 5) is 40.6. The molecule has 2 aliphatic heterocycles. The molecule has 2 fully saturated rings. The van der Waals surface area contributed by atoms with E-state index in [-0.39, 0.29) is 42.5 Å². The number of amides is 2. The third-order valence-corrected chi connectivity index (χ3v) is 6.21. The Balaban J connectivity index is 1.39. The molecule has 31 heavy (non-hydrogen) atoms. The fraction of sp³-hybridized carbons (Fsp3) is 0.435. The van der Waals surface area contributed by atoms with Gasteiger partial charge in [-0.05, 0) is 49.6 Å². The van der Waals surface area contributed by atoms with Crippen molar-refractivity contribution in [1.29, 1.82) is 0 Å². The summed E-state index contributed by atoms with van der Waals surface area (Å²) in [7, 11) is 1.36. The molecule has 0 saturated carbocycles. The average molecular weight is 427 g/mol. The second kappa shape index (κ2) is 8.53. The standard InChI is InChI=1S/C23H26FN3O4/c1-15-5-6-19(18(24)12-15)27-14-16(13-21(27)28)22(29)25-10-7-17(8-11-25)26-9-3-4-20(26)23(30)31-2/h3-6,9,12,16-17H,7-8,10-11,13-14H2,1-2H3. The van der Waals surface area contributed by atoms with Gasteiger partial charge in [0.1, 0.15) is 11.5 Å². The van der Waals surface area contributed by atoms with Gasteiger partial charge in [-0.3, -0.25) is 9.59 Å².